The highest BCUT2D eigenvalue weighted by Gasteiger charge is 2.22. The minimum atomic E-state index is -0.245. The van der Waals surface area contributed by atoms with Crippen molar-refractivity contribution in [2.75, 3.05) is 13.2 Å². The standard InChI is InChI=1S/C18H25NO4/c1-14-7-4-5-8-15(14)13-23-18(22)9-3-2-6-12-19-16(20)10-11-17(19)21/h4-5,10-11,14-15H,2-3,6-9,12-13H2,1H3. The second kappa shape index (κ2) is 8.65. The van der Waals surface area contributed by atoms with Crippen molar-refractivity contribution >= 4 is 17.8 Å². The Morgan fingerprint density at radius 1 is 1.13 bits per heavy atom. The van der Waals surface area contributed by atoms with Crippen LogP contribution in [-0.2, 0) is 19.1 Å². The van der Waals surface area contributed by atoms with Crippen LogP contribution in [0.5, 0.6) is 0 Å². The Morgan fingerprint density at radius 3 is 2.52 bits per heavy atom. The molecule has 0 fully saturated rings. The van der Waals surface area contributed by atoms with Crippen molar-refractivity contribution in [1.82, 2.24) is 4.90 Å². The number of esters is 1. The van der Waals surface area contributed by atoms with Gasteiger partial charge in [0.15, 0.2) is 0 Å². The van der Waals surface area contributed by atoms with Crippen LogP contribution in [0.1, 0.15) is 45.4 Å². The predicted molar refractivity (Wildman–Crippen MR) is 86.3 cm³/mol. The van der Waals surface area contributed by atoms with Crippen molar-refractivity contribution in [2.45, 2.75) is 45.4 Å². The highest BCUT2D eigenvalue weighted by atomic mass is 16.5. The van der Waals surface area contributed by atoms with Crippen LogP contribution in [0.3, 0.4) is 0 Å². The molecule has 0 aromatic carbocycles. The fourth-order valence-corrected chi connectivity index (χ4v) is 2.88. The maximum Gasteiger partial charge on any atom is 0.305 e. The van der Waals surface area contributed by atoms with Crippen molar-refractivity contribution in [3.8, 4) is 0 Å². The minimum absolute atomic E-state index is 0.151. The fourth-order valence-electron chi connectivity index (χ4n) is 2.88. The number of nitrogens with zero attached hydrogens (tertiary/aromatic N) is 1. The van der Waals surface area contributed by atoms with Gasteiger partial charge in [0, 0.05) is 25.1 Å². The summed E-state index contributed by atoms with van der Waals surface area (Å²) in [7, 11) is 0. The summed E-state index contributed by atoms with van der Waals surface area (Å²) in [5.74, 6) is 0.359. The second-order valence-electron chi connectivity index (χ2n) is 6.34. The van der Waals surface area contributed by atoms with Crippen LogP contribution < -0.4 is 0 Å². The molecular weight excluding hydrogens is 294 g/mol. The molecule has 126 valence electrons. The average Bonchev–Trinajstić information content (AvgIpc) is 2.85. The van der Waals surface area contributed by atoms with E-state index in [2.05, 4.69) is 19.1 Å². The van der Waals surface area contributed by atoms with Gasteiger partial charge in [-0.15, -0.1) is 0 Å². The molecule has 0 aromatic rings. The number of hydrogen-bond acceptors (Lipinski definition) is 4. The first-order chi connectivity index (χ1) is 11.1. The van der Waals surface area contributed by atoms with E-state index in [1.165, 1.54) is 17.1 Å². The average molecular weight is 319 g/mol. The van der Waals surface area contributed by atoms with E-state index in [9.17, 15) is 14.4 Å². The van der Waals surface area contributed by atoms with Crippen LogP contribution in [0, 0.1) is 11.8 Å². The molecule has 23 heavy (non-hydrogen) atoms. The first kappa shape index (κ1) is 17.4. The molecule has 0 N–H and O–H groups in total. The van der Waals surface area contributed by atoms with E-state index in [1.807, 2.05) is 0 Å². The van der Waals surface area contributed by atoms with Gasteiger partial charge in [-0.3, -0.25) is 19.3 Å². The highest BCUT2D eigenvalue weighted by molar-refractivity contribution is 6.12. The molecule has 0 spiro atoms. The van der Waals surface area contributed by atoms with Crippen LogP contribution in [0.15, 0.2) is 24.3 Å². The predicted octanol–water partition coefficient (Wildman–Crippen LogP) is 2.62. The molecule has 5 nitrogen and oxygen atoms in total. The third-order valence-electron chi connectivity index (χ3n) is 4.54. The number of carbonyl (C=O) groups is 3. The highest BCUT2D eigenvalue weighted by Crippen LogP contribution is 2.25. The summed E-state index contributed by atoms with van der Waals surface area (Å²) < 4.78 is 5.36. The maximum absolute atomic E-state index is 11.7. The largest absolute Gasteiger partial charge is 0.465 e. The van der Waals surface area contributed by atoms with Crippen LogP contribution in [0.2, 0.25) is 0 Å². The number of allylic oxidation sites excluding steroid dienone is 2. The van der Waals surface area contributed by atoms with Crippen LogP contribution in [0.4, 0.5) is 0 Å². The van der Waals surface area contributed by atoms with Gasteiger partial charge in [0.2, 0.25) is 0 Å². The summed E-state index contributed by atoms with van der Waals surface area (Å²) in [5.41, 5.74) is 0. The first-order valence-corrected chi connectivity index (χ1v) is 8.42. The molecule has 0 bridgehead atoms. The van der Waals surface area contributed by atoms with Gasteiger partial charge >= 0.3 is 5.97 Å². The number of hydrogen-bond donors (Lipinski definition) is 0. The molecule has 2 rings (SSSR count). The van der Waals surface area contributed by atoms with E-state index in [-0.39, 0.29) is 17.8 Å². The number of ether oxygens (including phenoxy) is 1. The van der Waals surface area contributed by atoms with Gasteiger partial charge in [-0.2, -0.15) is 0 Å². The molecule has 1 aliphatic carbocycles. The summed E-state index contributed by atoms with van der Waals surface area (Å²) in [4.78, 5) is 35.7. The Balaban J connectivity index is 1.52. The number of imide groups is 1. The third-order valence-corrected chi connectivity index (χ3v) is 4.54. The van der Waals surface area contributed by atoms with E-state index in [4.69, 9.17) is 4.74 Å². The van der Waals surface area contributed by atoms with E-state index in [0.717, 1.165) is 32.1 Å². The zero-order valence-electron chi connectivity index (χ0n) is 13.7. The Bertz CT molecular complexity index is 491. The van der Waals surface area contributed by atoms with Crippen LogP contribution in [-0.4, -0.2) is 35.8 Å². The van der Waals surface area contributed by atoms with Crippen molar-refractivity contribution in [2.24, 2.45) is 11.8 Å². The van der Waals surface area contributed by atoms with Crippen molar-refractivity contribution < 1.29 is 19.1 Å². The molecule has 1 heterocycles. The molecule has 2 aliphatic rings. The van der Waals surface area contributed by atoms with Gasteiger partial charge in [-0.05, 0) is 37.5 Å². The van der Waals surface area contributed by atoms with Gasteiger partial charge in [0.1, 0.15) is 0 Å². The smallest absolute Gasteiger partial charge is 0.305 e. The molecular formula is C18H25NO4. The summed E-state index contributed by atoms with van der Waals surface area (Å²) in [6.07, 6.45) is 11.6. The zero-order valence-corrected chi connectivity index (χ0v) is 13.7. The quantitative estimate of drug-likeness (QED) is 0.298. The fraction of sp³-hybridized carbons (Fsp3) is 0.611. The SMILES string of the molecule is CC1CC=CCC1COC(=O)CCCCCN1C(=O)C=CC1=O. The van der Waals surface area contributed by atoms with Crippen LogP contribution in [0.25, 0.3) is 0 Å². The number of unbranched alkanes of at least 4 members (excludes halogenated alkanes) is 2. The molecule has 2 amide bonds. The monoisotopic (exact) mass is 319 g/mol. The molecule has 0 saturated carbocycles. The van der Waals surface area contributed by atoms with Crippen molar-refractivity contribution in [3.63, 3.8) is 0 Å². The Kier molecular flexibility index (Phi) is 6.56. The van der Waals surface area contributed by atoms with E-state index in [1.54, 1.807) is 0 Å². The number of rotatable bonds is 8. The van der Waals surface area contributed by atoms with E-state index >= 15 is 0 Å². The molecule has 2 atom stereocenters. The van der Waals surface area contributed by atoms with E-state index < -0.39 is 0 Å². The Morgan fingerprint density at radius 2 is 1.83 bits per heavy atom. The normalized spacial score (nSPS) is 23.6. The van der Waals surface area contributed by atoms with Gasteiger partial charge < -0.3 is 4.74 Å². The lowest BCUT2D eigenvalue weighted by molar-refractivity contribution is -0.146. The molecule has 0 saturated heterocycles. The summed E-state index contributed by atoms with van der Waals surface area (Å²) in [5, 5.41) is 0. The molecule has 2 unspecified atom stereocenters. The zero-order chi connectivity index (χ0) is 16.7. The molecule has 0 aromatic heterocycles. The number of amides is 2. The number of carbonyl (C=O) groups excluding carboxylic acids is 3. The lowest BCUT2D eigenvalue weighted by atomic mass is 9.85. The Hall–Kier alpha value is -1.91. The van der Waals surface area contributed by atoms with Gasteiger partial charge in [0.05, 0.1) is 6.61 Å². The molecule has 1 aliphatic heterocycles. The summed E-state index contributed by atoms with van der Waals surface area (Å²) in [6, 6.07) is 0. The van der Waals surface area contributed by atoms with Crippen LogP contribution >= 0.6 is 0 Å². The topological polar surface area (TPSA) is 63.7 Å². The lowest BCUT2D eigenvalue weighted by Gasteiger charge is -2.24. The second-order valence-corrected chi connectivity index (χ2v) is 6.34. The van der Waals surface area contributed by atoms with E-state index in [0.29, 0.717) is 31.4 Å². The summed E-state index contributed by atoms with van der Waals surface area (Å²) >= 11 is 0. The van der Waals surface area contributed by atoms with Crippen molar-refractivity contribution in [1.29, 1.82) is 0 Å². The lowest BCUT2D eigenvalue weighted by Crippen LogP contribution is -2.30. The first-order valence-electron chi connectivity index (χ1n) is 8.42. The van der Waals surface area contributed by atoms with Gasteiger partial charge in [0.25, 0.3) is 11.8 Å². The van der Waals surface area contributed by atoms with Gasteiger partial charge in [-0.1, -0.05) is 25.5 Å². The molecule has 0 radical (unpaired) electrons. The summed E-state index contributed by atoms with van der Waals surface area (Å²) in [6.45, 7) is 3.12. The molecule has 5 heteroatoms. The third kappa shape index (κ3) is 5.34. The Labute approximate surface area is 137 Å². The maximum atomic E-state index is 11.7. The van der Waals surface area contributed by atoms with Crippen molar-refractivity contribution in [3.05, 3.63) is 24.3 Å². The minimum Gasteiger partial charge on any atom is -0.465 e. The van der Waals surface area contributed by atoms with Gasteiger partial charge in [-0.25, -0.2) is 0 Å².